The van der Waals surface area contributed by atoms with Gasteiger partial charge in [-0.1, -0.05) is 227 Å². The number of hydrogen-bond acceptors (Lipinski definition) is 11. The Kier molecular flexibility index (Phi) is 49.3. The Labute approximate surface area is 463 Å². The molecule has 0 aliphatic carbocycles. The summed E-state index contributed by atoms with van der Waals surface area (Å²) in [5.41, 5.74) is 0. The van der Waals surface area contributed by atoms with E-state index in [2.05, 4.69) is 115 Å². The zero-order valence-electron chi connectivity index (χ0n) is 47.5. The number of unbranched alkanes of at least 4 members (excludes halogenated alkanes) is 23. The molecule has 1 saturated heterocycles. The summed E-state index contributed by atoms with van der Waals surface area (Å²) in [5, 5.41) is 30.9. The predicted molar refractivity (Wildman–Crippen MR) is 312 cm³/mol. The zero-order chi connectivity index (χ0) is 55.3. The SMILES string of the molecule is CC/C=C\C/C=C\C/C=C\C/C=C\C/C=C\C/C=C\C/C=C\CCCCOCC(COC1OC(CO)C(O)C(OS(=O)(=O)O)C1O)OC(=O)CCCCCCCCCCCCCCC/C=C\CCCCCCCCCC. The molecule has 438 valence electrons. The summed E-state index contributed by atoms with van der Waals surface area (Å²) in [4.78, 5) is 13.0. The van der Waals surface area contributed by atoms with Gasteiger partial charge in [-0.25, -0.2) is 4.18 Å². The highest BCUT2D eigenvalue weighted by Crippen LogP contribution is 2.26. The molecule has 1 rings (SSSR count). The lowest BCUT2D eigenvalue weighted by molar-refractivity contribution is -0.301. The molecule has 4 N–H and O–H groups in total. The van der Waals surface area contributed by atoms with E-state index in [9.17, 15) is 33.1 Å². The molecule has 12 nitrogen and oxygen atoms in total. The first-order valence-corrected chi connectivity index (χ1v) is 31.4. The number of hydrogen-bond donors (Lipinski definition) is 4. The van der Waals surface area contributed by atoms with Gasteiger partial charge >= 0.3 is 16.4 Å². The van der Waals surface area contributed by atoms with Crippen LogP contribution >= 0.6 is 0 Å². The highest BCUT2D eigenvalue weighted by molar-refractivity contribution is 7.80. The van der Waals surface area contributed by atoms with E-state index >= 15 is 0 Å². The van der Waals surface area contributed by atoms with Crippen molar-refractivity contribution in [1.29, 1.82) is 0 Å². The largest absolute Gasteiger partial charge is 0.457 e. The summed E-state index contributed by atoms with van der Waals surface area (Å²) in [6.45, 7) is 3.79. The minimum absolute atomic E-state index is 0.00114. The van der Waals surface area contributed by atoms with Crippen LogP contribution in [0.1, 0.15) is 232 Å². The van der Waals surface area contributed by atoms with Crippen LogP contribution in [0.15, 0.2) is 97.2 Å². The summed E-state index contributed by atoms with van der Waals surface area (Å²) in [6.07, 6.45) is 64.5. The lowest BCUT2D eigenvalue weighted by Crippen LogP contribution is -2.60. The predicted octanol–water partition coefficient (Wildman–Crippen LogP) is 15.3. The molecular weight excluding hydrogens is 981 g/mol. The van der Waals surface area contributed by atoms with Gasteiger partial charge in [0.25, 0.3) is 0 Å². The Morgan fingerprint density at radius 2 is 0.908 bits per heavy atom. The molecule has 1 aliphatic heterocycles. The topological polar surface area (TPSA) is 178 Å². The fourth-order valence-corrected chi connectivity index (χ4v) is 9.22. The van der Waals surface area contributed by atoms with Crippen molar-refractivity contribution in [3.63, 3.8) is 0 Å². The summed E-state index contributed by atoms with van der Waals surface area (Å²) in [5.74, 6) is -0.416. The maximum Gasteiger partial charge on any atom is 0.397 e. The van der Waals surface area contributed by atoms with Crippen LogP contribution < -0.4 is 0 Å². The lowest BCUT2D eigenvalue weighted by Gasteiger charge is -2.41. The molecule has 6 unspecified atom stereocenters. The average Bonchev–Trinajstić information content (AvgIpc) is 3.40. The van der Waals surface area contributed by atoms with Crippen molar-refractivity contribution in [3.8, 4) is 0 Å². The maximum atomic E-state index is 13.0. The normalized spacial score (nSPS) is 19.3. The number of rotatable bonds is 52. The molecule has 1 fully saturated rings. The van der Waals surface area contributed by atoms with E-state index in [0.29, 0.717) is 13.0 Å². The second kappa shape index (κ2) is 52.7. The number of aliphatic hydroxyl groups is 3. The van der Waals surface area contributed by atoms with E-state index < -0.39 is 59.8 Å². The first kappa shape index (κ1) is 71.0. The van der Waals surface area contributed by atoms with Crippen molar-refractivity contribution < 1.29 is 56.2 Å². The second-order valence-corrected chi connectivity index (χ2v) is 21.3. The molecular formula is C63H108O12S. The molecule has 13 heteroatoms. The number of aliphatic hydroxyl groups excluding tert-OH is 3. The van der Waals surface area contributed by atoms with Crippen LogP contribution in [0.4, 0.5) is 0 Å². The molecule has 76 heavy (non-hydrogen) atoms. The van der Waals surface area contributed by atoms with Crippen LogP contribution in [0.3, 0.4) is 0 Å². The Morgan fingerprint density at radius 1 is 0.513 bits per heavy atom. The number of carbonyl (C=O) groups is 1. The summed E-state index contributed by atoms with van der Waals surface area (Å²) < 4.78 is 59.4. The molecule has 6 atom stereocenters. The van der Waals surface area contributed by atoms with E-state index in [0.717, 1.165) is 83.5 Å². The van der Waals surface area contributed by atoms with Crippen LogP contribution in [-0.4, -0.2) is 97.5 Å². The van der Waals surface area contributed by atoms with Crippen molar-refractivity contribution in [1.82, 2.24) is 0 Å². The third kappa shape index (κ3) is 44.9. The molecule has 1 heterocycles. The third-order valence-electron chi connectivity index (χ3n) is 13.2. The van der Waals surface area contributed by atoms with Crippen LogP contribution in [0.25, 0.3) is 0 Å². The first-order chi connectivity index (χ1) is 37.1. The van der Waals surface area contributed by atoms with Crippen LogP contribution in [-0.2, 0) is 38.3 Å². The van der Waals surface area contributed by atoms with E-state index in [1.807, 2.05) is 0 Å². The minimum Gasteiger partial charge on any atom is -0.457 e. The van der Waals surface area contributed by atoms with Crippen LogP contribution in [0.2, 0.25) is 0 Å². The first-order valence-electron chi connectivity index (χ1n) is 30.0. The summed E-state index contributed by atoms with van der Waals surface area (Å²) >= 11 is 0. The number of allylic oxidation sites excluding steroid dienone is 16. The molecule has 0 amide bonds. The van der Waals surface area contributed by atoms with Gasteiger partial charge in [0.2, 0.25) is 0 Å². The van der Waals surface area contributed by atoms with Crippen LogP contribution in [0, 0.1) is 0 Å². The van der Waals surface area contributed by atoms with E-state index in [1.54, 1.807) is 0 Å². The molecule has 0 saturated carbocycles. The van der Waals surface area contributed by atoms with Crippen LogP contribution in [0.5, 0.6) is 0 Å². The molecule has 0 aromatic carbocycles. The highest BCUT2D eigenvalue weighted by atomic mass is 32.3. The standard InChI is InChI=1S/C63H108O12S/c1-3-5-7-9-11-13-15-17-19-21-23-25-27-29-30-32-34-36-38-40-42-44-46-48-50-52-59(65)73-57(56-72-63-61(67)62(75-76(68,69)70)60(66)58(54-64)74-63)55-71-53-51-49-47-45-43-41-39-37-35-33-31-28-26-24-22-20-18-16-14-12-10-8-6-4-2/h6,8,12,14,18,20-21,23-24,26,31,33,37,39,43,45,57-58,60-64,66-67H,3-5,7,9-11,13,15-17,19,22,25,27-30,32,34-36,38,40-42,44,46-56H2,1-2H3,(H,68,69,70)/b8-6-,14-12-,20-18-,23-21-,26-24-,33-31-,39-37-,45-43-. The van der Waals surface area contributed by atoms with Gasteiger partial charge in [-0.05, 0) is 96.3 Å². The smallest absolute Gasteiger partial charge is 0.397 e. The Bertz CT molecular complexity index is 1680. The minimum atomic E-state index is -5.08. The fraction of sp³-hybridized carbons (Fsp3) is 0.730. The zero-order valence-corrected chi connectivity index (χ0v) is 48.4. The number of ether oxygens (including phenoxy) is 4. The van der Waals surface area contributed by atoms with E-state index in [1.165, 1.54) is 122 Å². The van der Waals surface area contributed by atoms with Gasteiger partial charge in [0.05, 0.1) is 19.8 Å². The van der Waals surface area contributed by atoms with Crippen molar-refractivity contribution in [2.75, 3.05) is 26.4 Å². The van der Waals surface area contributed by atoms with E-state index in [-0.39, 0.29) is 19.6 Å². The van der Waals surface area contributed by atoms with Crippen molar-refractivity contribution in [3.05, 3.63) is 97.2 Å². The Hall–Kier alpha value is -2.98. The van der Waals surface area contributed by atoms with Gasteiger partial charge < -0.3 is 34.3 Å². The molecule has 0 spiro atoms. The fourth-order valence-electron chi connectivity index (χ4n) is 8.71. The Balaban J connectivity index is 2.33. The quantitative estimate of drug-likeness (QED) is 0.0196. The second-order valence-electron chi connectivity index (χ2n) is 20.2. The highest BCUT2D eigenvalue weighted by Gasteiger charge is 2.48. The average molecular weight is 1090 g/mol. The number of esters is 1. The van der Waals surface area contributed by atoms with Gasteiger partial charge in [-0.2, -0.15) is 8.42 Å². The monoisotopic (exact) mass is 1090 g/mol. The molecule has 0 aromatic heterocycles. The van der Waals surface area contributed by atoms with Crippen molar-refractivity contribution in [2.45, 2.75) is 269 Å². The molecule has 0 bridgehead atoms. The lowest BCUT2D eigenvalue weighted by atomic mass is 9.99. The molecule has 1 aliphatic rings. The van der Waals surface area contributed by atoms with Crippen molar-refractivity contribution in [2.24, 2.45) is 0 Å². The summed E-state index contributed by atoms with van der Waals surface area (Å²) in [6, 6.07) is 0. The van der Waals surface area contributed by atoms with Gasteiger partial charge in [-0.3, -0.25) is 9.35 Å². The number of carbonyl (C=O) groups excluding carboxylic acids is 1. The summed E-state index contributed by atoms with van der Waals surface area (Å²) in [7, 11) is -5.08. The van der Waals surface area contributed by atoms with Crippen molar-refractivity contribution >= 4 is 16.4 Å². The Morgan fingerprint density at radius 3 is 1.34 bits per heavy atom. The van der Waals surface area contributed by atoms with Gasteiger partial charge in [0, 0.05) is 13.0 Å². The van der Waals surface area contributed by atoms with Gasteiger partial charge in [-0.15, -0.1) is 0 Å². The molecule has 0 radical (unpaired) electrons. The van der Waals surface area contributed by atoms with E-state index in [4.69, 9.17) is 18.9 Å². The third-order valence-corrected chi connectivity index (χ3v) is 13.7. The molecule has 0 aromatic rings. The maximum absolute atomic E-state index is 13.0. The van der Waals surface area contributed by atoms with Gasteiger partial charge in [0.15, 0.2) is 6.29 Å². The van der Waals surface area contributed by atoms with Gasteiger partial charge in [0.1, 0.15) is 30.5 Å².